The Morgan fingerprint density at radius 1 is 1.38 bits per heavy atom. The molecule has 1 saturated carbocycles. The van der Waals surface area contributed by atoms with Gasteiger partial charge in [-0.2, -0.15) is 0 Å². The molecule has 86 valence electrons. The van der Waals surface area contributed by atoms with E-state index in [1.807, 2.05) is 0 Å². The molecule has 1 aromatic rings. The third-order valence-corrected chi connectivity index (χ3v) is 2.93. The topological polar surface area (TPSA) is 29.1 Å². The van der Waals surface area contributed by atoms with E-state index in [1.165, 1.54) is 24.0 Å². The van der Waals surface area contributed by atoms with Gasteiger partial charge in [-0.1, -0.05) is 24.3 Å². The quantitative estimate of drug-likeness (QED) is 0.793. The lowest BCUT2D eigenvalue weighted by atomic mass is 10.1. The van der Waals surface area contributed by atoms with Crippen LogP contribution in [0.3, 0.4) is 0 Å². The van der Waals surface area contributed by atoms with E-state index in [-0.39, 0.29) is 5.78 Å². The van der Waals surface area contributed by atoms with Crippen molar-refractivity contribution >= 4 is 5.78 Å². The largest absolute Gasteiger partial charge is 0.310 e. The van der Waals surface area contributed by atoms with Crippen LogP contribution in [0.25, 0.3) is 0 Å². The van der Waals surface area contributed by atoms with Gasteiger partial charge in [0.15, 0.2) is 0 Å². The van der Waals surface area contributed by atoms with Crippen LogP contribution in [0, 0.1) is 0 Å². The molecule has 0 atom stereocenters. The summed E-state index contributed by atoms with van der Waals surface area (Å²) in [6.45, 7) is 2.61. The average molecular weight is 217 g/mol. The molecule has 1 aromatic carbocycles. The maximum atomic E-state index is 10.9. The van der Waals surface area contributed by atoms with E-state index in [0.29, 0.717) is 6.42 Å². The molecule has 0 amide bonds. The summed E-state index contributed by atoms with van der Waals surface area (Å²) in [5.74, 6) is 0.265. The van der Waals surface area contributed by atoms with E-state index in [2.05, 4.69) is 29.6 Å². The number of nitrogens with one attached hydrogen (secondary N) is 1. The molecule has 1 aliphatic rings. The van der Waals surface area contributed by atoms with Crippen molar-refractivity contribution in [2.24, 2.45) is 0 Å². The van der Waals surface area contributed by atoms with Crippen molar-refractivity contribution in [2.75, 3.05) is 0 Å². The third kappa shape index (κ3) is 3.78. The Kier molecular flexibility index (Phi) is 3.73. The van der Waals surface area contributed by atoms with Gasteiger partial charge < -0.3 is 10.1 Å². The Balaban J connectivity index is 1.87. The van der Waals surface area contributed by atoms with Crippen molar-refractivity contribution in [1.82, 2.24) is 5.32 Å². The minimum absolute atomic E-state index is 0.265. The molecule has 1 aliphatic carbocycles. The van der Waals surface area contributed by atoms with E-state index < -0.39 is 0 Å². The monoisotopic (exact) mass is 217 g/mol. The fourth-order valence-electron chi connectivity index (χ4n) is 1.77. The van der Waals surface area contributed by atoms with Gasteiger partial charge >= 0.3 is 0 Å². The molecule has 0 spiro atoms. The first-order valence-corrected chi connectivity index (χ1v) is 6.04. The van der Waals surface area contributed by atoms with Crippen LogP contribution in [0.1, 0.15) is 37.3 Å². The second-order valence-corrected chi connectivity index (χ2v) is 4.68. The van der Waals surface area contributed by atoms with Gasteiger partial charge in [0, 0.05) is 19.0 Å². The molecule has 16 heavy (non-hydrogen) atoms. The zero-order valence-electron chi connectivity index (χ0n) is 9.83. The minimum Gasteiger partial charge on any atom is -0.310 e. The summed E-state index contributed by atoms with van der Waals surface area (Å²) < 4.78 is 0. The van der Waals surface area contributed by atoms with Crippen LogP contribution in [0.4, 0.5) is 0 Å². The van der Waals surface area contributed by atoms with Gasteiger partial charge in [-0.3, -0.25) is 0 Å². The normalized spacial score (nSPS) is 15.1. The number of hydrogen-bond donors (Lipinski definition) is 1. The first-order valence-electron chi connectivity index (χ1n) is 6.04. The lowest BCUT2D eigenvalue weighted by molar-refractivity contribution is -0.116. The molecule has 0 aliphatic heterocycles. The summed E-state index contributed by atoms with van der Waals surface area (Å²) in [6.07, 6.45) is 4.17. The number of aryl methyl sites for hydroxylation is 1. The number of Topliss-reactive ketones (excluding diaryl/α,β-unsaturated/α-hetero) is 1. The highest BCUT2D eigenvalue weighted by molar-refractivity contribution is 5.75. The zero-order valence-corrected chi connectivity index (χ0v) is 9.83. The average Bonchev–Trinajstić information content (AvgIpc) is 3.08. The highest BCUT2D eigenvalue weighted by Gasteiger charge is 2.19. The minimum atomic E-state index is 0.265. The van der Waals surface area contributed by atoms with Gasteiger partial charge in [-0.25, -0.2) is 0 Å². The van der Waals surface area contributed by atoms with Crippen molar-refractivity contribution in [2.45, 2.75) is 45.2 Å². The van der Waals surface area contributed by atoms with E-state index in [1.54, 1.807) is 6.92 Å². The third-order valence-electron chi connectivity index (χ3n) is 2.93. The molecule has 0 saturated heterocycles. The van der Waals surface area contributed by atoms with Gasteiger partial charge in [0.1, 0.15) is 5.78 Å². The predicted octanol–water partition coefficient (Wildman–Crippen LogP) is 2.46. The predicted molar refractivity (Wildman–Crippen MR) is 65.3 cm³/mol. The number of hydrogen-bond acceptors (Lipinski definition) is 2. The van der Waals surface area contributed by atoms with E-state index in [9.17, 15) is 4.79 Å². The van der Waals surface area contributed by atoms with Crippen LogP contribution in [-0.2, 0) is 17.8 Å². The highest BCUT2D eigenvalue weighted by atomic mass is 16.1. The molecular weight excluding hydrogens is 198 g/mol. The van der Waals surface area contributed by atoms with Crippen molar-refractivity contribution in [1.29, 1.82) is 0 Å². The van der Waals surface area contributed by atoms with Crippen LogP contribution in [0.5, 0.6) is 0 Å². The SMILES string of the molecule is CC(=O)CCc1cccc(CNC2CC2)c1. The molecule has 0 heterocycles. The molecule has 0 radical (unpaired) electrons. The fourth-order valence-corrected chi connectivity index (χ4v) is 1.77. The van der Waals surface area contributed by atoms with Crippen LogP contribution in [-0.4, -0.2) is 11.8 Å². The van der Waals surface area contributed by atoms with Gasteiger partial charge in [-0.15, -0.1) is 0 Å². The van der Waals surface area contributed by atoms with Crippen molar-refractivity contribution in [3.05, 3.63) is 35.4 Å². The van der Waals surface area contributed by atoms with E-state index >= 15 is 0 Å². The summed E-state index contributed by atoms with van der Waals surface area (Å²) in [5.41, 5.74) is 2.60. The lowest BCUT2D eigenvalue weighted by Crippen LogP contribution is -2.15. The molecule has 2 heteroatoms. The van der Waals surface area contributed by atoms with Crippen molar-refractivity contribution in [3.8, 4) is 0 Å². The number of carbonyl (C=O) groups is 1. The summed E-state index contributed by atoms with van der Waals surface area (Å²) in [5, 5.41) is 3.50. The van der Waals surface area contributed by atoms with Crippen LogP contribution in [0.2, 0.25) is 0 Å². The number of carbonyl (C=O) groups excluding carboxylic acids is 1. The summed E-state index contributed by atoms with van der Waals surface area (Å²) in [4.78, 5) is 10.9. The summed E-state index contributed by atoms with van der Waals surface area (Å²) >= 11 is 0. The van der Waals surface area contributed by atoms with E-state index in [0.717, 1.165) is 19.0 Å². The maximum absolute atomic E-state index is 10.9. The smallest absolute Gasteiger partial charge is 0.130 e. The first kappa shape index (κ1) is 11.3. The first-order chi connectivity index (χ1) is 7.74. The molecule has 2 nitrogen and oxygen atoms in total. The van der Waals surface area contributed by atoms with Crippen LogP contribution < -0.4 is 5.32 Å². The van der Waals surface area contributed by atoms with Gasteiger partial charge in [-0.05, 0) is 37.3 Å². The number of benzene rings is 1. The Labute approximate surface area is 97.1 Å². The fraction of sp³-hybridized carbons (Fsp3) is 0.500. The van der Waals surface area contributed by atoms with Crippen LogP contribution >= 0.6 is 0 Å². The van der Waals surface area contributed by atoms with Crippen molar-refractivity contribution in [3.63, 3.8) is 0 Å². The van der Waals surface area contributed by atoms with Gasteiger partial charge in [0.25, 0.3) is 0 Å². The molecule has 1 N–H and O–H groups in total. The zero-order chi connectivity index (χ0) is 11.4. The second-order valence-electron chi connectivity index (χ2n) is 4.68. The standard InChI is InChI=1S/C14H19NO/c1-11(16)5-6-12-3-2-4-13(9-12)10-15-14-7-8-14/h2-4,9,14-15H,5-8,10H2,1H3. The highest BCUT2D eigenvalue weighted by Crippen LogP contribution is 2.19. The number of ketones is 1. The van der Waals surface area contributed by atoms with Gasteiger partial charge in [0.05, 0.1) is 0 Å². The lowest BCUT2D eigenvalue weighted by Gasteiger charge is -2.05. The Morgan fingerprint density at radius 3 is 2.81 bits per heavy atom. The molecular formula is C14H19NO. The molecule has 0 unspecified atom stereocenters. The molecule has 1 fully saturated rings. The Bertz CT molecular complexity index is 369. The van der Waals surface area contributed by atoms with E-state index in [4.69, 9.17) is 0 Å². The maximum Gasteiger partial charge on any atom is 0.130 e. The Hall–Kier alpha value is -1.15. The molecule has 0 bridgehead atoms. The molecule has 2 rings (SSSR count). The number of rotatable bonds is 6. The Morgan fingerprint density at radius 2 is 2.12 bits per heavy atom. The second kappa shape index (κ2) is 5.26. The summed E-state index contributed by atoms with van der Waals surface area (Å²) in [6, 6.07) is 9.29. The summed E-state index contributed by atoms with van der Waals surface area (Å²) in [7, 11) is 0. The van der Waals surface area contributed by atoms with Crippen LogP contribution in [0.15, 0.2) is 24.3 Å². The molecule has 0 aromatic heterocycles. The van der Waals surface area contributed by atoms with Gasteiger partial charge in [0.2, 0.25) is 0 Å². The van der Waals surface area contributed by atoms with Crippen molar-refractivity contribution < 1.29 is 4.79 Å².